The molecule has 0 bridgehead atoms. The van der Waals surface area contributed by atoms with Crippen LogP contribution in [0, 0.1) is 0 Å². The predicted octanol–water partition coefficient (Wildman–Crippen LogP) is 4.25. The summed E-state index contributed by atoms with van der Waals surface area (Å²) in [5.41, 5.74) is 1.76. The smallest absolute Gasteiger partial charge is 0.244 e. The lowest BCUT2D eigenvalue weighted by atomic mass is 10.1. The number of halogens is 1. The molecule has 5 heteroatoms. The Balaban J connectivity index is 2.06. The predicted molar refractivity (Wildman–Crippen MR) is 96.6 cm³/mol. The monoisotopic (exact) mass is 345 g/mol. The fourth-order valence-corrected chi connectivity index (χ4v) is 2.36. The van der Waals surface area contributed by atoms with Gasteiger partial charge in [-0.3, -0.25) is 4.79 Å². The molecular formula is C19H20ClNO3. The van der Waals surface area contributed by atoms with Crippen LogP contribution < -0.4 is 14.8 Å². The summed E-state index contributed by atoms with van der Waals surface area (Å²) in [6.45, 7) is 1.92. The van der Waals surface area contributed by atoms with Crippen molar-refractivity contribution >= 4 is 23.6 Å². The van der Waals surface area contributed by atoms with Crippen molar-refractivity contribution in [3.8, 4) is 11.5 Å². The fourth-order valence-electron chi connectivity index (χ4n) is 2.23. The second kappa shape index (κ2) is 8.41. The summed E-state index contributed by atoms with van der Waals surface area (Å²) in [6, 6.07) is 12.7. The van der Waals surface area contributed by atoms with Crippen molar-refractivity contribution in [3.05, 3.63) is 64.7 Å². The van der Waals surface area contributed by atoms with Gasteiger partial charge in [-0.2, -0.15) is 0 Å². The summed E-state index contributed by atoms with van der Waals surface area (Å²) < 4.78 is 10.5. The van der Waals surface area contributed by atoms with Gasteiger partial charge in [0, 0.05) is 16.7 Å². The van der Waals surface area contributed by atoms with E-state index in [4.69, 9.17) is 21.1 Å². The molecule has 2 aromatic carbocycles. The maximum absolute atomic E-state index is 12.1. The molecule has 1 atom stereocenters. The maximum atomic E-state index is 12.1. The lowest BCUT2D eigenvalue weighted by molar-refractivity contribution is -0.117. The molecule has 1 N–H and O–H groups in total. The minimum absolute atomic E-state index is 0.119. The molecule has 1 amide bonds. The van der Waals surface area contributed by atoms with Gasteiger partial charge < -0.3 is 14.8 Å². The van der Waals surface area contributed by atoms with Crippen LogP contribution in [-0.4, -0.2) is 20.1 Å². The van der Waals surface area contributed by atoms with Crippen molar-refractivity contribution in [1.82, 2.24) is 5.32 Å². The number of benzene rings is 2. The van der Waals surface area contributed by atoms with E-state index in [0.29, 0.717) is 16.5 Å². The van der Waals surface area contributed by atoms with Crippen molar-refractivity contribution in [2.75, 3.05) is 14.2 Å². The highest BCUT2D eigenvalue weighted by Gasteiger charge is 2.08. The third-order valence-corrected chi connectivity index (χ3v) is 3.83. The lowest BCUT2D eigenvalue weighted by Crippen LogP contribution is -2.24. The van der Waals surface area contributed by atoms with Gasteiger partial charge in [0.2, 0.25) is 5.91 Å². The van der Waals surface area contributed by atoms with E-state index in [9.17, 15) is 4.79 Å². The average Bonchev–Trinajstić information content (AvgIpc) is 2.60. The van der Waals surface area contributed by atoms with Crippen LogP contribution >= 0.6 is 11.6 Å². The van der Waals surface area contributed by atoms with E-state index >= 15 is 0 Å². The molecule has 4 nitrogen and oxygen atoms in total. The fraction of sp³-hybridized carbons (Fsp3) is 0.211. The van der Waals surface area contributed by atoms with E-state index in [2.05, 4.69) is 5.32 Å². The Labute approximate surface area is 147 Å². The number of carbonyl (C=O) groups is 1. The molecule has 0 aliphatic heterocycles. The highest BCUT2D eigenvalue weighted by molar-refractivity contribution is 6.30. The summed E-state index contributed by atoms with van der Waals surface area (Å²) in [7, 11) is 3.18. The van der Waals surface area contributed by atoms with E-state index in [0.717, 1.165) is 11.1 Å². The summed E-state index contributed by atoms with van der Waals surface area (Å²) in [5.74, 6) is 1.18. The summed E-state index contributed by atoms with van der Waals surface area (Å²) in [5, 5.41) is 3.58. The van der Waals surface area contributed by atoms with Crippen molar-refractivity contribution in [1.29, 1.82) is 0 Å². The van der Waals surface area contributed by atoms with E-state index in [-0.39, 0.29) is 11.9 Å². The molecule has 0 aromatic heterocycles. The highest BCUT2D eigenvalue weighted by atomic mass is 35.5. The van der Waals surface area contributed by atoms with Crippen molar-refractivity contribution in [2.24, 2.45) is 0 Å². The van der Waals surface area contributed by atoms with E-state index in [1.54, 1.807) is 44.6 Å². The molecule has 0 fully saturated rings. The molecule has 2 rings (SSSR count). The summed E-state index contributed by atoms with van der Waals surface area (Å²) in [4.78, 5) is 12.1. The molecule has 0 aliphatic carbocycles. The van der Waals surface area contributed by atoms with Crippen LogP contribution in [0.2, 0.25) is 5.02 Å². The number of hydrogen-bond donors (Lipinski definition) is 1. The number of rotatable bonds is 6. The molecular weight excluding hydrogens is 326 g/mol. The largest absolute Gasteiger partial charge is 0.497 e. The third-order valence-electron chi connectivity index (χ3n) is 3.58. The Bertz CT molecular complexity index is 726. The molecule has 2 aromatic rings. The number of carbonyl (C=O) groups excluding carboxylic acids is 1. The molecule has 0 spiro atoms. The first-order valence-corrected chi connectivity index (χ1v) is 7.87. The molecule has 0 aliphatic rings. The Morgan fingerprint density at radius 3 is 2.46 bits per heavy atom. The van der Waals surface area contributed by atoms with Crippen LogP contribution in [0.15, 0.2) is 48.5 Å². The minimum Gasteiger partial charge on any atom is -0.497 e. The van der Waals surface area contributed by atoms with Gasteiger partial charge in [0.1, 0.15) is 11.5 Å². The second-order valence-corrected chi connectivity index (χ2v) is 5.66. The highest BCUT2D eigenvalue weighted by Crippen LogP contribution is 2.25. The van der Waals surface area contributed by atoms with Gasteiger partial charge in [0.25, 0.3) is 0 Å². The second-order valence-electron chi connectivity index (χ2n) is 5.22. The Hall–Kier alpha value is -2.46. The minimum atomic E-state index is -0.192. The Kier molecular flexibility index (Phi) is 6.27. The first-order chi connectivity index (χ1) is 11.5. The van der Waals surface area contributed by atoms with Crippen LogP contribution in [0.5, 0.6) is 11.5 Å². The van der Waals surface area contributed by atoms with Crippen molar-refractivity contribution in [3.63, 3.8) is 0 Å². The molecule has 0 radical (unpaired) electrons. The number of nitrogens with one attached hydrogen (secondary N) is 1. The Morgan fingerprint density at radius 1 is 1.12 bits per heavy atom. The van der Waals surface area contributed by atoms with Crippen LogP contribution in [-0.2, 0) is 4.79 Å². The van der Waals surface area contributed by atoms with Crippen molar-refractivity contribution < 1.29 is 14.3 Å². The number of hydrogen-bond acceptors (Lipinski definition) is 3. The van der Waals surface area contributed by atoms with Crippen LogP contribution in [0.25, 0.3) is 6.08 Å². The van der Waals surface area contributed by atoms with Gasteiger partial charge in [0.15, 0.2) is 0 Å². The quantitative estimate of drug-likeness (QED) is 0.796. The zero-order valence-corrected chi connectivity index (χ0v) is 14.6. The topological polar surface area (TPSA) is 47.6 Å². The number of amides is 1. The average molecular weight is 346 g/mol. The van der Waals surface area contributed by atoms with E-state index in [1.807, 2.05) is 25.1 Å². The van der Waals surface area contributed by atoms with Gasteiger partial charge in [-0.05, 0) is 48.9 Å². The van der Waals surface area contributed by atoms with Gasteiger partial charge in [0.05, 0.1) is 20.3 Å². The molecule has 126 valence electrons. The third kappa shape index (κ3) is 4.77. The van der Waals surface area contributed by atoms with Crippen molar-refractivity contribution in [2.45, 2.75) is 13.0 Å². The first-order valence-electron chi connectivity index (χ1n) is 7.49. The molecule has 0 unspecified atom stereocenters. The summed E-state index contributed by atoms with van der Waals surface area (Å²) in [6.07, 6.45) is 3.18. The van der Waals surface area contributed by atoms with Gasteiger partial charge in [-0.1, -0.05) is 23.7 Å². The standard InChI is InChI=1S/C19H20ClNO3/c1-13(14-4-7-16(20)8-5-14)21-19(22)11-6-15-12-17(23-2)9-10-18(15)24-3/h4-13H,1-3H3,(H,21,22)/b11-6+/t13-/m0/s1. The van der Waals surface area contributed by atoms with Gasteiger partial charge in [-0.25, -0.2) is 0 Å². The van der Waals surface area contributed by atoms with E-state index in [1.165, 1.54) is 6.08 Å². The van der Waals surface area contributed by atoms with Gasteiger partial charge in [-0.15, -0.1) is 0 Å². The normalized spacial score (nSPS) is 12.0. The Morgan fingerprint density at radius 2 is 1.83 bits per heavy atom. The lowest BCUT2D eigenvalue weighted by Gasteiger charge is -2.13. The SMILES string of the molecule is COc1ccc(OC)c(/C=C/C(=O)N[C@@H](C)c2ccc(Cl)cc2)c1. The van der Waals surface area contributed by atoms with E-state index < -0.39 is 0 Å². The maximum Gasteiger partial charge on any atom is 0.244 e. The molecule has 24 heavy (non-hydrogen) atoms. The zero-order chi connectivity index (χ0) is 17.5. The van der Waals surface area contributed by atoms with Crippen LogP contribution in [0.4, 0.5) is 0 Å². The number of ether oxygens (including phenoxy) is 2. The molecule has 0 saturated heterocycles. The molecule has 0 heterocycles. The molecule has 0 saturated carbocycles. The number of methoxy groups -OCH3 is 2. The van der Waals surface area contributed by atoms with Crippen LogP contribution in [0.1, 0.15) is 24.1 Å². The summed E-state index contributed by atoms with van der Waals surface area (Å²) >= 11 is 5.87. The van der Waals surface area contributed by atoms with Crippen LogP contribution in [0.3, 0.4) is 0 Å². The zero-order valence-electron chi connectivity index (χ0n) is 13.9. The first kappa shape index (κ1) is 17.9. The van der Waals surface area contributed by atoms with Gasteiger partial charge >= 0.3 is 0 Å².